The first-order valence-corrected chi connectivity index (χ1v) is 14.3. The maximum atomic E-state index is 14.1. The van der Waals surface area contributed by atoms with Gasteiger partial charge in [-0.2, -0.15) is 0 Å². The first-order valence-electron chi connectivity index (χ1n) is 14.3. The fraction of sp³-hybridized carbons (Fsp3) is 0.273. The van der Waals surface area contributed by atoms with Gasteiger partial charge in [0.25, 0.3) is 5.56 Å². The molecule has 0 aliphatic carbocycles. The zero-order valence-corrected chi connectivity index (χ0v) is 23.8. The summed E-state index contributed by atoms with van der Waals surface area (Å²) >= 11 is 0. The van der Waals surface area contributed by atoms with Crippen molar-refractivity contribution in [3.05, 3.63) is 101 Å². The highest BCUT2D eigenvalue weighted by atomic mass is 19.1. The Kier molecular flexibility index (Phi) is 8.39. The van der Waals surface area contributed by atoms with Crippen molar-refractivity contribution in [2.45, 2.75) is 26.3 Å². The van der Waals surface area contributed by atoms with Crippen molar-refractivity contribution in [3.63, 3.8) is 0 Å². The molecule has 5 aromatic rings. The lowest BCUT2D eigenvalue weighted by molar-refractivity contribution is 0.132. The summed E-state index contributed by atoms with van der Waals surface area (Å²) < 4.78 is 26.5. The number of fused-ring (bicyclic) bond motifs is 1. The number of nitrogens with zero attached hydrogens (tertiary/aromatic N) is 5. The summed E-state index contributed by atoms with van der Waals surface area (Å²) in [6.45, 7) is 5.10. The van der Waals surface area contributed by atoms with E-state index in [1.165, 1.54) is 18.3 Å². The van der Waals surface area contributed by atoms with E-state index in [4.69, 9.17) is 14.5 Å². The van der Waals surface area contributed by atoms with Crippen molar-refractivity contribution < 1.29 is 19.0 Å². The molecule has 9 nitrogen and oxygen atoms in total. The molecule has 0 amide bonds. The van der Waals surface area contributed by atoms with E-state index < -0.39 is 5.82 Å². The van der Waals surface area contributed by atoms with Crippen molar-refractivity contribution in [2.75, 3.05) is 26.2 Å². The fourth-order valence-corrected chi connectivity index (χ4v) is 5.52. The average molecular weight is 582 g/mol. The smallest absolute Gasteiger partial charge is 0.261 e. The molecule has 220 valence electrons. The number of aromatic nitrogens is 4. The summed E-state index contributed by atoms with van der Waals surface area (Å²) in [6.07, 6.45) is 4.60. The lowest BCUT2D eigenvalue weighted by Crippen LogP contribution is -2.40. The minimum Gasteiger partial charge on any atom is -0.456 e. The molecular weight excluding hydrogens is 549 g/mol. The summed E-state index contributed by atoms with van der Waals surface area (Å²) in [5.74, 6) is 1.89. The van der Waals surface area contributed by atoms with Crippen LogP contribution in [0, 0.1) is 18.7 Å². The Morgan fingerprint density at radius 2 is 1.77 bits per heavy atom. The molecule has 1 fully saturated rings. The van der Waals surface area contributed by atoms with Crippen molar-refractivity contribution in [1.82, 2.24) is 24.4 Å². The van der Waals surface area contributed by atoms with Crippen molar-refractivity contribution in [1.29, 1.82) is 0 Å². The van der Waals surface area contributed by atoms with E-state index in [9.17, 15) is 14.3 Å². The van der Waals surface area contributed by atoms with Gasteiger partial charge in [0.2, 0.25) is 11.8 Å². The van der Waals surface area contributed by atoms with E-state index in [1.54, 1.807) is 34.9 Å². The summed E-state index contributed by atoms with van der Waals surface area (Å²) in [5, 5.41) is 9.92. The molecule has 0 unspecified atom stereocenters. The second kappa shape index (κ2) is 12.7. The molecule has 0 bridgehead atoms. The van der Waals surface area contributed by atoms with Gasteiger partial charge in [-0.25, -0.2) is 19.3 Å². The third kappa shape index (κ3) is 6.55. The van der Waals surface area contributed by atoms with Gasteiger partial charge in [-0.3, -0.25) is 9.36 Å². The first-order chi connectivity index (χ1) is 21.0. The largest absolute Gasteiger partial charge is 0.456 e. The highest BCUT2D eigenvalue weighted by Gasteiger charge is 2.23. The molecule has 0 saturated carbocycles. The molecule has 1 aliphatic rings. The molecule has 0 spiro atoms. The van der Waals surface area contributed by atoms with Gasteiger partial charge in [-0.1, -0.05) is 24.3 Å². The quantitative estimate of drug-likeness (QED) is 0.240. The Balaban J connectivity index is 1.30. The van der Waals surface area contributed by atoms with Crippen LogP contribution in [0.5, 0.6) is 23.3 Å². The highest BCUT2D eigenvalue weighted by Crippen LogP contribution is 2.29. The second-order valence-corrected chi connectivity index (χ2v) is 10.7. The number of hydrogen-bond acceptors (Lipinski definition) is 8. The molecular formula is C33H32FN5O4. The lowest BCUT2D eigenvalue weighted by atomic mass is 9.97. The monoisotopic (exact) mass is 581 g/mol. The van der Waals surface area contributed by atoms with Crippen LogP contribution in [0.4, 0.5) is 4.39 Å². The second-order valence-electron chi connectivity index (χ2n) is 10.7. The summed E-state index contributed by atoms with van der Waals surface area (Å²) in [6, 6.07) is 19.2. The van der Waals surface area contributed by atoms with E-state index in [-0.39, 0.29) is 29.8 Å². The highest BCUT2D eigenvalue weighted by molar-refractivity contribution is 5.81. The number of rotatable bonds is 9. The van der Waals surface area contributed by atoms with Crippen molar-refractivity contribution in [2.24, 2.45) is 5.92 Å². The van der Waals surface area contributed by atoms with E-state index >= 15 is 0 Å². The number of aliphatic hydroxyl groups excluding tert-OH is 1. The summed E-state index contributed by atoms with van der Waals surface area (Å²) in [5.41, 5.74) is 2.44. The van der Waals surface area contributed by atoms with Gasteiger partial charge >= 0.3 is 0 Å². The van der Waals surface area contributed by atoms with Crippen LogP contribution in [-0.2, 0) is 6.54 Å². The fourth-order valence-electron chi connectivity index (χ4n) is 5.52. The SMILES string of the molecule is Cc1ccccc1-c1nc2ccc(Oc3ccc(Oc4ccc(F)cn4)nc3)cc2c(=O)n1C[C@H]1CCCN(CCO)C1. The van der Waals surface area contributed by atoms with Gasteiger partial charge in [-0.05, 0) is 68.1 Å². The molecule has 1 saturated heterocycles. The molecule has 3 aromatic heterocycles. The Morgan fingerprint density at radius 3 is 2.51 bits per heavy atom. The number of halogens is 1. The molecule has 6 rings (SSSR count). The van der Waals surface area contributed by atoms with Crippen LogP contribution in [0.25, 0.3) is 22.3 Å². The molecule has 1 N–H and O–H groups in total. The Bertz CT molecular complexity index is 1770. The molecule has 1 atom stereocenters. The zero-order valence-electron chi connectivity index (χ0n) is 23.8. The normalized spacial score (nSPS) is 15.5. The molecule has 0 radical (unpaired) electrons. The molecule has 1 aliphatic heterocycles. The maximum Gasteiger partial charge on any atom is 0.261 e. The molecule has 2 aromatic carbocycles. The number of aliphatic hydroxyl groups is 1. The predicted molar refractivity (Wildman–Crippen MR) is 161 cm³/mol. The number of benzene rings is 2. The Hall–Kier alpha value is -4.67. The number of aryl methyl sites for hydroxylation is 1. The number of pyridine rings is 2. The maximum absolute atomic E-state index is 14.1. The Morgan fingerprint density at radius 1 is 0.977 bits per heavy atom. The lowest BCUT2D eigenvalue weighted by Gasteiger charge is -2.33. The third-order valence-corrected chi connectivity index (χ3v) is 7.63. The summed E-state index contributed by atoms with van der Waals surface area (Å²) in [4.78, 5) is 29.5. The van der Waals surface area contributed by atoms with Crippen LogP contribution >= 0.6 is 0 Å². The zero-order chi connectivity index (χ0) is 29.8. The number of piperidine rings is 1. The van der Waals surface area contributed by atoms with Crippen LogP contribution < -0.4 is 15.0 Å². The van der Waals surface area contributed by atoms with Gasteiger partial charge in [-0.15, -0.1) is 0 Å². The van der Waals surface area contributed by atoms with Gasteiger partial charge in [0, 0.05) is 37.3 Å². The van der Waals surface area contributed by atoms with E-state index in [2.05, 4.69) is 14.9 Å². The van der Waals surface area contributed by atoms with E-state index in [0.717, 1.165) is 43.3 Å². The van der Waals surface area contributed by atoms with Gasteiger partial charge in [0.15, 0.2) is 0 Å². The van der Waals surface area contributed by atoms with E-state index in [1.807, 2.05) is 31.2 Å². The minimum atomic E-state index is -0.452. The van der Waals surface area contributed by atoms with E-state index in [0.29, 0.717) is 41.3 Å². The Labute approximate surface area is 248 Å². The van der Waals surface area contributed by atoms with Gasteiger partial charge in [0.05, 0.1) is 29.9 Å². The average Bonchev–Trinajstić information content (AvgIpc) is 3.02. The van der Waals surface area contributed by atoms with Crippen LogP contribution in [0.1, 0.15) is 18.4 Å². The molecule has 4 heterocycles. The van der Waals surface area contributed by atoms with Crippen LogP contribution in [0.15, 0.2) is 83.9 Å². The number of ether oxygens (including phenoxy) is 2. The number of β-amino-alcohol motifs (C(OH)–C–C–N with tert-alkyl or cyclic N) is 1. The van der Waals surface area contributed by atoms with Crippen LogP contribution in [-0.4, -0.2) is 55.8 Å². The predicted octanol–water partition coefficient (Wildman–Crippen LogP) is 5.59. The topological polar surface area (TPSA) is 103 Å². The summed E-state index contributed by atoms with van der Waals surface area (Å²) in [7, 11) is 0. The van der Waals surface area contributed by atoms with Crippen LogP contribution in [0.2, 0.25) is 0 Å². The minimum absolute atomic E-state index is 0.123. The first kappa shape index (κ1) is 28.4. The van der Waals surface area contributed by atoms with Crippen LogP contribution in [0.3, 0.4) is 0 Å². The van der Waals surface area contributed by atoms with Crippen molar-refractivity contribution >= 4 is 10.9 Å². The van der Waals surface area contributed by atoms with Gasteiger partial charge < -0.3 is 19.5 Å². The number of likely N-dealkylation sites (tertiary alicyclic amines) is 1. The van der Waals surface area contributed by atoms with Gasteiger partial charge in [0.1, 0.15) is 23.1 Å². The molecule has 10 heteroatoms. The molecule has 43 heavy (non-hydrogen) atoms. The van der Waals surface area contributed by atoms with Crippen molar-refractivity contribution in [3.8, 4) is 34.6 Å². The third-order valence-electron chi connectivity index (χ3n) is 7.63. The standard InChI is InChI=1S/C33H32FN5O4/c1-22-5-2-3-7-27(22)32-37-29-11-9-25(42-26-10-13-31(36-19-26)43-30-12-8-24(34)18-35-30)17-28(29)33(41)39(32)21-23-6-4-14-38(20-23)15-16-40/h2-3,5,7-13,17-19,23,40H,4,6,14-16,20-21H2,1H3/t23-/m0/s1. The number of hydrogen-bond donors (Lipinski definition) is 1.